The monoisotopic (exact) mass is 567 g/mol. The summed E-state index contributed by atoms with van der Waals surface area (Å²) in [4.78, 5) is 6.88. The molecule has 0 bridgehead atoms. The number of rotatable bonds is 8. The minimum absolute atomic E-state index is 0. The predicted molar refractivity (Wildman–Crippen MR) is 144 cm³/mol. The molecule has 1 aliphatic rings. The lowest BCUT2D eigenvalue weighted by Gasteiger charge is -2.27. The van der Waals surface area contributed by atoms with Crippen LogP contribution in [0.4, 0.5) is 11.6 Å². The van der Waals surface area contributed by atoms with Crippen LogP contribution in [0.5, 0.6) is 17.2 Å². The van der Waals surface area contributed by atoms with Gasteiger partial charge < -0.3 is 29.0 Å². The minimum atomic E-state index is -4.16. The molecule has 2 N–H and O–H groups in total. The number of nitrogens with one attached hydrogen (secondary N) is 2. The quantitative estimate of drug-likeness (QED) is 0.326. The molecule has 198 valence electrons. The number of benzene rings is 2. The normalized spacial score (nSPS) is 13.8. The molecule has 14 heteroatoms. The van der Waals surface area contributed by atoms with E-state index in [9.17, 15) is 8.42 Å². The first-order chi connectivity index (χ1) is 17.4. The van der Waals surface area contributed by atoms with Gasteiger partial charge in [-0.3, -0.25) is 4.72 Å². The number of thiazole rings is 1. The number of hydrogen-bond donors (Lipinski definition) is 2. The molecule has 2 aromatic carbocycles. The molecule has 2 aromatic heterocycles. The molecule has 0 radical (unpaired) electrons. The zero-order chi connectivity index (χ0) is 25.3. The molecule has 0 amide bonds. The molecule has 4 aromatic rings. The third-order valence-corrected chi connectivity index (χ3v) is 8.10. The van der Waals surface area contributed by atoms with E-state index in [1.807, 2.05) is 5.38 Å². The summed E-state index contributed by atoms with van der Waals surface area (Å²) in [6, 6.07) is 8.27. The Morgan fingerprint density at radius 3 is 2.38 bits per heavy atom. The summed E-state index contributed by atoms with van der Waals surface area (Å²) in [5.74, 6) is 1.57. The zero-order valence-electron chi connectivity index (χ0n) is 20.3. The van der Waals surface area contributed by atoms with Gasteiger partial charge in [-0.2, -0.15) is 0 Å². The average molecular weight is 568 g/mol. The van der Waals surface area contributed by atoms with Crippen LogP contribution in [0, 0.1) is 0 Å². The van der Waals surface area contributed by atoms with Gasteiger partial charge in [0, 0.05) is 37.1 Å². The zero-order valence-corrected chi connectivity index (χ0v) is 22.8. The Kier molecular flexibility index (Phi) is 7.97. The van der Waals surface area contributed by atoms with Crippen LogP contribution in [0.3, 0.4) is 0 Å². The Balaban J connectivity index is 0.00000320. The lowest BCUT2D eigenvalue weighted by Crippen LogP contribution is -2.43. The Bertz CT molecular complexity index is 1480. The highest BCUT2D eigenvalue weighted by molar-refractivity contribution is 7.93. The summed E-state index contributed by atoms with van der Waals surface area (Å²) in [5, 5.41) is 10.5. The SMILES string of the molecule is COc1cccc(OC)c1S(=O)(=O)Nc1noc2cc(-c3nc(N4CCNCC4)cs3)cc(OC)c12.Cl. The first-order valence-electron chi connectivity index (χ1n) is 11.1. The molecule has 3 heterocycles. The minimum Gasteiger partial charge on any atom is -0.496 e. The van der Waals surface area contributed by atoms with Crippen LogP contribution in [0.25, 0.3) is 21.5 Å². The van der Waals surface area contributed by atoms with Crippen molar-refractivity contribution in [3.63, 3.8) is 0 Å². The highest BCUT2D eigenvalue weighted by Gasteiger charge is 2.28. The molecule has 1 saturated heterocycles. The summed E-state index contributed by atoms with van der Waals surface area (Å²) in [6.07, 6.45) is 0. The van der Waals surface area contributed by atoms with Crippen molar-refractivity contribution in [2.75, 3.05) is 57.1 Å². The lowest BCUT2D eigenvalue weighted by molar-refractivity contribution is 0.373. The number of sulfonamides is 1. The second-order valence-electron chi connectivity index (χ2n) is 7.93. The standard InChI is InChI=1S/C23H25N5O6S2.ClH/c1-31-15-5-4-6-16(32-2)21(15)36(29,30)27-22-20-17(33-3)11-14(12-18(20)34-26-22)23-25-19(13-35-23)28-9-7-24-8-10-28;/h4-6,11-13,24H,7-10H2,1-3H3,(H,26,27);1H. The number of hydrogen-bond acceptors (Lipinski definition) is 11. The van der Waals surface area contributed by atoms with Crippen molar-refractivity contribution in [2.45, 2.75) is 4.90 Å². The number of methoxy groups -OCH3 is 3. The van der Waals surface area contributed by atoms with Gasteiger partial charge in [0.2, 0.25) is 0 Å². The average Bonchev–Trinajstić information content (AvgIpc) is 3.56. The summed E-state index contributed by atoms with van der Waals surface area (Å²) in [5.41, 5.74) is 1.13. The number of aromatic nitrogens is 2. The second-order valence-corrected chi connectivity index (χ2v) is 10.4. The highest BCUT2D eigenvalue weighted by atomic mass is 35.5. The van der Waals surface area contributed by atoms with Crippen LogP contribution in [0.1, 0.15) is 0 Å². The Hall–Kier alpha value is -3.26. The summed E-state index contributed by atoms with van der Waals surface area (Å²) < 4.78 is 50.8. The molecule has 0 saturated carbocycles. The molecule has 0 aliphatic carbocycles. The van der Waals surface area contributed by atoms with E-state index in [1.54, 1.807) is 18.2 Å². The van der Waals surface area contributed by atoms with Gasteiger partial charge in [0.1, 0.15) is 33.5 Å². The van der Waals surface area contributed by atoms with Gasteiger partial charge in [0.25, 0.3) is 10.0 Å². The van der Waals surface area contributed by atoms with Crippen molar-refractivity contribution in [3.8, 4) is 27.8 Å². The molecule has 5 rings (SSSR count). The Morgan fingerprint density at radius 2 is 1.73 bits per heavy atom. The predicted octanol–water partition coefficient (Wildman–Crippen LogP) is 3.61. The molecule has 11 nitrogen and oxygen atoms in total. The number of piperazine rings is 1. The van der Waals surface area contributed by atoms with Crippen molar-refractivity contribution in [3.05, 3.63) is 35.7 Å². The Morgan fingerprint density at radius 1 is 1.05 bits per heavy atom. The first kappa shape index (κ1) is 26.8. The number of ether oxygens (including phenoxy) is 3. The largest absolute Gasteiger partial charge is 0.496 e. The van der Waals surface area contributed by atoms with Crippen molar-refractivity contribution >= 4 is 56.4 Å². The fraction of sp³-hybridized carbons (Fsp3) is 0.304. The third kappa shape index (κ3) is 5.12. The van der Waals surface area contributed by atoms with Crippen molar-refractivity contribution in [1.82, 2.24) is 15.5 Å². The maximum Gasteiger partial charge on any atom is 0.270 e. The molecular formula is C23H26ClN5O6S2. The Labute approximate surface area is 224 Å². The van der Waals surface area contributed by atoms with Gasteiger partial charge in [-0.15, -0.1) is 23.7 Å². The van der Waals surface area contributed by atoms with Crippen molar-refractivity contribution < 1.29 is 27.2 Å². The summed E-state index contributed by atoms with van der Waals surface area (Å²) in [6.45, 7) is 3.64. The lowest BCUT2D eigenvalue weighted by atomic mass is 10.1. The number of halogens is 1. The molecule has 37 heavy (non-hydrogen) atoms. The third-order valence-electron chi connectivity index (χ3n) is 5.82. The van der Waals surface area contributed by atoms with Gasteiger partial charge in [-0.25, -0.2) is 13.4 Å². The van der Waals surface area contributed by atoms with E-state index in [0.29, 0.717) is 16.7 Å². The first-order valence-corrected chi connectivity index (χ1v) is 13.4. The molecule has 0 unspecified atom stereocenters. The maximum atomic E-state index is 13.3. The molecule has 0 spiro atoms. The topological polar surface area (TPSA) is 128 Å². The van der Waals surface area contributed by atoms with E-state index >= 15 is 0 Å². The van der Waals surface area contributed by atoms with Crippen LogP contribution in [0.2, 0.25) is 0 Å². The van der Waals surface area contributed by atoms with E-state index < -0.39 is 10.0 Å². The summed E-state index contributed by atoms with van der Waals surface area (Å²) in [7, 11) is 0.115. The van der Waals surface area contributed by atoms with E-state index in [0.717, 1.165) is 42.6 Å². The van der Waals surface area contributed by atoms with E-state index in [-0.39, 0.29) is 34.6 Å². The maximum absolute atomic E-state index is 13.3. The summed E-state index contributed by atoms with van der Waals surface area (Å²) >= 11 is 1.52. The van der Waals surface area contributed by atoms with Crippen molar-refractivity contribution in [1.29, 1.82) is 0 Å². The van der Waals surface area contributed by atoms with Gasteiger partial charge in [0.05, 0.1) is 21.3 Å². The van der Waals surface area contributed by atoms with E-state index in [1.165, 1.54) is 44.8 Å². The van der Waals surface area contributed by atoms with Crippen LogP contribution in [0.15, 0.2) is 45.1 Å². The molecular weight excluding hydrogens is 542 g/mol. The number of anilines is 2. The fourth-order valence-corrected chi connectivity index (χ4v) is 6.23. The van der Waals surface area contributed by atoms with Gasteiger partial charge >= 0.3 is 0 Å². The van der Waals surface area contributed by atoms with Crippen LogP contribution >= 0.6 is 23.7 Å². The van der Waals surface area contributed by atoms with Crippen molar-refractivity contribution in [2.24, 2.45) is 0 Å². The van der Waals surface area contributed by atoms with Gasteiger partial charge in [-0.05, 0) is 24.3 Å². The smallest absolute Gasteiger partial charge is 0.270 e. The number of fused-ring (bicyclic) bond motifs is 1. The molecule has 1 fully saturated rings. The van der Waals surface area contributed by atoms with Crippen LogP contribution in [-0.4, -0.2) is 66.1 Å². The van der Waals surface area contributed by atoms with Crippen LogP contribution < -0.4 is 29.1 Å². The molecule has 0 atom stereocenters. The van der Waals surface area contributed by atoms with Crippen LogP contribution in [-0.2, 0) is 10.0 Å². The van der Waals surface area contributed by atoms with E-state index in [4.69, 9.17) is 23.7 Å². The second kappa shape index (κ2) is 11.0. The highest BCUT2D eigenvalue weighted by Crippen LogP contribution is 2.40. The van der Waals surface area contributed by atoms with E-state index in [2.05, 4.69) is 20.1 Å². The molecule has 1 aliphatic heterocycles. The van der Waals surface area contributed by atoms with Gasteiger partial charge in [-0.1, -0.05) is 11.2 Å². The fourth-order valence-electron chi connectivity index (χ4n) is 4.09. The number of nitrogens with zero attached hydrogens (tertiary/aromatic N) is 3. The van der Waals surface area contributed by atoms with Gasteiger partial charge in [0.15, 0.2) is 16.3 Å².